The number of benzene rings is 1. The van der Waals surface area contributed by atoms with Crippen LogP contribution in [0.2, 0.25) is 0 Å². The molecular formula is C61H81F3N8O4S. The lowest BCUT2D eigenvalue weighted by Crippen LogP contribution is -2.50. The van der Waals surface area contributed by atoms with Gasteiger partial charge >= 0.3 is 6.18 Å². The van der Waals surface area contributed by atoms with Crippen molar-refractivity contribution < 1.29 is 32.2 Å². The highest BCUT2D eigenvalue weighted by molar-refractivity contribution is 7.97. The van der Waals surface area contributed by atoms with Crippen molar-refractivity contribution in [2.24, 2.45) is 28.7 Å². The van der Waals surface area contributed by atoms with Gasteiger partial charge in [0.2, 0.25) is 5.88 Å². The minimum Gasteiger partial charge on any atom is -0.495 e. The highest BCUT2D eigenvalue weighted by Crippen LogP contribution is 2.55. The van der Waals surface area contributed by atoms with E-state index in [2.05, 4.69) is 74.7 Å². The molecule has 0 unspecified atom stereocenters. The Hall–Kier alpha value is -6.12. The first-order chi connectivity index (χ1) is 37.0. The molecule has 2 aromatic heterocycles. The summed E-state index contributed by atoms with van der Waals surface area (Å²) < 4.78 is 62.5. The molecule has 3 aliphatic carbocycles. The van der Waals surface area contributed by atoms with Crippen molar-refractivity contribution >= 4 is 47.0 Å². The number of alkyl halides is 3. The predicted octanol–water partition coefficient (Wildman–Crippen LogP) is 10.7. The lowest BCUT2D eigenvalue weighted by molar-refractivity contribution is -0.138. The summed E-state index contributed by atoms with van der Waals surface area (Å²) in [6.07, 6.45) is 15.4. The number of aromatic nitrogens is 2. The molecule has 3 heterocycles. The lowest BCUT2D eigenvalue weighted by Gasteiger charge is -2.53. The van der Waals surface area contributed by atoms with Crippen LogP contribution in [0.15, 0.2) is 107 Å². The largest absolute Gasteiger partial charge is 0.495 e. The smallest absolute Gasteiger partial charge is 0.390 e. The molecule has 1 atom stereocenters. The van der Waals surface area contributed by atoms with Crippen molar-refractivity contribution in [2.45, 2.75) is 110 Å². The number of aldehydes is 1. The molecule has 7 rings (SSSR count). The van der Waals surface area contributed by atoms with Crippen LogP contribution in [0.4, 0.5) is 24.5 Å². The zero-order chi connectivity index (χ0) is 55.7. The molecule has 16 heteroatoms. The topological polar surface area (TPSA) is 156 Å². The molecule has 4 aliphatic rings. The number of H-pyrrole nitrogens is 1. The summed E-state index contributed by atoms with van der Waals surface area (Å²) in [5.41, 5.74) is 19.6. The lowest BCUT2D eigenvalue weighted by atomic mass is 9.55. The van der Waals surface area contributed by atoms with E-state index in [4.69, 9.17) is 25.7 Å². The van der Waals surface area contributed by atoms with E-state index in [1.807, 2.05) is 32.0 Å². The van der Waals surface area contributed by atoms with Gasteiger partial charge in [0.25, 0.3) is 0 Å². The third kappa shape index (κ3) is 16.5. The molecule has 0 radical (unpaired) electrons. The number of ether oxygens (including phenoxy) is 3. The van der Waals surface area contributed by atoms with Crippen LogP contribution in [0, 0.1) is 29.1 Å². The summed E-state index contributed by atoms with van der Waals surface area (Å²) in [6.45, 7) is 23.4. The SMILES string of the molecule is C=C/C(=C\C(=C/C)OCC=O)CNc1cc(C2=C(C)C([C@H](/C=c3\[nH]c(C#CCNc4ccc(SN5CCN(CC6CC7(CCC(N)CC7)C6)CC5)cc4OC)c\c3=C(/N)C=C)CC(F)(F)F)=C2C)cnc1OC.CCCC. The van der Waals surface area contributed by atoms with E-state index in [0.717, 1.165) is 65.0 Å². The van der Waals surface area contributed by atoms with Crippen molar-refractivity contribution in [3.8, 4) is 23.5 Å². The van der Waals surface area contributed by atoms with Gasteiger partial charge in [0.05, 0.1) is 44.3 Å². The molecule has 77 heavy (non-hydrogen) atoms. The summed E-state index contributed by atoms with van der Waals surface area (Å²) in [5.74, 6) is 7.60. The van der Waals surface area contributed by atoms with Gasteiger partial charge in [0.1, 0.15) is 18.1 Å². The van der Waals surface area contributed by atoms with Gasteiger partial charge in [-0.05, 0) is 165 Å². The maximum absolute atomic E-state index is 14.4. The van der Waals surface area contributed by atoms with Crippen LogP contribution in [0.3, 0.4) is 0 Å². The minimum absolute atomic E-state index is 0.0796. The molecule has 12 nitrogen and oxygen atoms in total. The average Bonchev–Trinajstić information content (AvgIpc) is 3.85. The molecule has 1 aromatic carbocycles. The summed E-state index contributed by atoms with van der Waals surface area (Å²) in [4.78, 5) is 22.3. The second kappa shape index (κ2) is 28.5. The maximum Gasteiger partial charge on any atom is 0.390 e. The number of carbonyl (C=O) groups is 1. The highest BCUT2D eigenvalue weighted by Gasteiger charge is 2.46. The molecule has 2 saturated carbocycles. The number of rotatable bonds is 22. The molecule has 0 bridgehead atoms. The van der Waals surface area contributed by atoms with Crippen LogP contribution in [0.5, 0.6) is 11.6 Å². The Labute approximate surface area is 459 Å². The third-order valence-corrected chi connectivity index (χ3v) is 16.1. The zero-order valence-corrected chi connectivity index (χ0v) is 47.1. The Morgan fingerprint density at radius 3 is 2.35 bits per heavy atom. The van der Waals surface area contributed by atoms with E-state index in [9.17, 15) is 18.0 Å². The van der Waals surface area contributed by atoms with Gasteiger partial charge in [-0.25, -0.2) is 9.29 Å². The quantitative estimate of drug-likeness (QED) is 0.0214. The van der Waals surface area contributed by atoms with E-state index in [1.165, 1.54) is 71.1 Å². The number of hydrogen-bond donors (Lipinski definition) is 5. The number of aromatic amines is 1. The highest BCUT2D eigenvalue weighted by atomic mass is 32.2. The Kier molecular flexibility index (Phi) is 22.2. The fraction of sp³-hybridized carbons (Fsp3) is 0.475. The summed E-state index contributed by atoms with van der Waals surface area (Å²) >= 11 is 1.76. The number of halogens is 3. The number of hydrogen-bond acceptors (Lipinski definition) is 12. The van der Waals surface area contributed by atoms with Gasteiger partial charge in [-0.2, -0.15) is 13.2 Å². The number of nitrogens with zero attached hydrogens (tertiary/aromatic N) is 3. The first kappa shape index (κ1) is 60.1. The van der Waals surface area contributed by atoms with E-state index < -0.39 is 18.5 Å². The van der Waals surface area contributed by atoms with Crippen molar-refractivity contribution in [1.29, 1.82) is 0 Å². The number of unbranched alkanes of at least 4 members (excludes halogenated alkanes) is 1. The molecular weight excluding hydrogens is 998 g/mol. The molecule has 3 aromatic rings. The zero-order valence-electron chi connectivity index (χ0n) is 46.3. The third-order valence-electron chi connectivity index (χ3n) is 15.0. The molecule has 1 saturated heterocycles. The Bertz CT molecular complexity index is 2850. The molecule has 1 spiro atoms. The average molecular weight is 1080 g/mol. The second-order valence-corrected chi connectivity index (χ2v) is 21.6. The van der Waals surface area contributed by atoms with E-state index >= 15 is 0 Å². The number of nitrogens with one attached hydrogen (secondary N) is 3. The normalized spacial score (nSPS) is 21.2. The monoisotopic (exact) mass is 1080 g/mol. The van der Waals surface area contributed by atoms with Crippen LogP contribution < -0.4 is 42.1 Å². The minimum atomic E-state index is -4.48. The van der Waals surface area contributed by atoms with Gasteiger partial charge in [0, 0.05) is 84.1 Å². The Morgan fingerprint density at radius 2 is 1.74 bits per heavy atom. The van der Waals surface area contributed by atoms with Crippen LogP contribution in [0.1, 0.15) is 104 Å². The van der Waals surface area contributed by atoms with Crippen LogP contribution >= 0.6 is 11.9 Å². The molecule has 416 valence electrons. The summed E-state index contributed by atoms with van der Waals surface area (Å²) in [7, 11) is 3.16. The van der Waals surface area contributed by atoms with E-state index in [1.54, 1.807) is 62.5 Å². The first-order valence-electron chi connectivity index (χ1n) is 27.0. The molecule has 0 amide bonds. The van der Waals surface area contributed by atoms with Crippen molar-refractivity contribution in [2.75, 3.05) is 77.3 Å². The Morgan fingerprint density at radius 1 is 1.01 bits per heavy atom. The number of carbonyl (C=O) groups excluding carboxylic acids is 1. The maximum atomic E-state index is 14.4. The van der Waals surface area contributed by atoms with E-state index in [0.29, 0.717) is 80.5 Å². The van der Waals surface area contributed by atoms with Gasteiger partial charge in [0.15, 0.2) is 6.29 Å². The van der Waals surface area contributed by atoms with Gasteiger partial charge < -0.3 is 46.2 Å². The number of anilines is 2. The van der Waals surface area contributed by atoms with Crippen LogP contribution in [-0.2, 0) is 9.53 Å². The van der Waals surface area contributed by atoms with Crippen LogP contribution in [-0.4, -0.2) is 104 Å². The first-order valence-corrected chi connectivity index (χ1v) is 27.7. The fourth-order valence-electron chi connectivity index (χ4n) is 10.9. The summed E-state index contributed by atoms with van der Waals surface area (Å²) in [6, 6.07) is 10.1. The van der Waals surface area contributed by atoms with E-state index in [-0.39, 0.29) is 13.2 Å². The molecule has 1 aliphatic heterocycles. The van der Waals surface area contributed by atoms with Gasteiger partial charge in [-0.15, -0.1) is 0 Å². The standard InChI is InChI=1S/C57H71F3N8O4S.C4H10/c1-8-39(26-45(9-2)72-25-24-69)34-64-51-28-42(35-65-55(51)71-7)54-37(4)53(38(54)5)41(33-57(58,59)60)27-50-47(48(62)10-3)29-44(66-50)12-11-19-63-49-14-13-46(30-52(49)70-6)73-68-22-20-67(21-23-68)36-40-31-56(32-40)17-15-43(61)16-18-56;1-3-4-2/h8-10,13-14,24,26-30,35,40-41,43,63-64,66H,1,3,15-23,25,31-34,36,61-62H2,2,4-7H3;3-4H2,1-2H3/b39-26+,45-9+,48-47+,50-27-;/t40?,41-,43?,56?;/m1./s1. The molecule has 3 fully saturated rings. The predicted molar refractivity (Wildman–Crippen MR) is 310 cm³/mol. The number of nitrogens with two attached hydrogens (primary N) is 2. The number of methoxy groups -OCH3 is 2. The second-order valence-electron chi connectivity index (χ2n) is 20.5. The van der Waals surface area contributed by atoms with Crippen molar-refractivity contribution in [1.82, 2.24) is 19.2 Å². The van der Waals surface area contributed by atoms with Crippen LogP contribution in [0.25, 0.3) is 17.3 Å². The van der Waals surface area contributed by atoms with Gasteiger partial charge in [-0.1, -0.05) is 57.9 Å². The number of piperazine rings is 1. The van der Waals surface area contributed by atoms with Crippen molar-refractivity contribution in [3.63, 3.8) is 0 Å². The number of pyridine rings is 1. The Balaban J connectivity index is 0.00000232. The number of allylic oxidation sites excluding steroid dienone is 6. The fourth-order valence-corrected chi connectivity index (χ4v) is 11.8. The molecule has 7 N–H and O–H groups in total. The summed E-state index contributed by atoms with van der Waals surface area (Å²) in [5, 5.41) is 7.61. The van der Waals surface area contributed by atoms with Crippen molar-refractivity contribution in [3.05, 3.63) is 124 Å². The van der Waals surface area contributed by atoms with Gasteiger partial charge in [-0.3, -0.25) is 4.79 Å².